The van der Waals surface area contributed by atoms with E-state index in [1.807, 2.05) is 6.92 Å². The Morgan fingerprint density at radius 3 is 2.50 bits per heavy atom. The molecule has 1 aliphatic heterocycles. The summed E-state index contributed by atoms with van der Waals surface area (Å²) in [6.07, 6.45) is 1.53. The number of ether oxygens (including phenoxy) is 3. The topological polar surface area (TPSA) is 98.2 Å². The Balaban J connectivity index is 1.94. The van der Waals surface area contributed by atoms with Gasteiger partial charge in [0.15, 0.2) is 11.5 Å². The molecule has 0 unspecified atom stereocenters. The lowest BCUT2D eigenvalue weighted by Crippen LogP contribution is -2.30. The minimum absolute atomic E-state index is 0.0601. The van der Waals surface area contributed by atoms with Crippen LogP contribution in [0.4, 0.5) is 5.82 Å². The molecular weight excluding hydrogens is 436 g/mol. The van der Waals surface area contributed by atoms with E-state index in [0.29, 0.717) is 35.0 Å². The van der Waals surface area contributed by atoms with Crippen LogP contribution in [-0.4, -0.2) is 42.6 Å². The lowest BCUT2D eigenvalue weighted by molar-refractivity contribution is -0.132. The summed E-state index contributed by atoms with van der Waals surface area (Å²) in [5.74, 6) is -0.170. The van der Waals surface area contributed by atoms with E-state index in [2.05, 4.69) is 4.98 Å². The molecule has 1 saturated heterocycles. The van der Waals surface area contributed by atoms with Crippen molar-refractivity contribution >= 4 is 23.3 Å². The van der Waals surface area contributed by atoms with Crippen LogP contribution in [0, 0.1) is 0 Å². The van der Waals surface area contributed by atoms with Crippen molar-refractivity contribution in [3.05, 3.63) is 83.6 Å². The van der Waals surface area contributed by atoms with E-state index in [1.54, 1.807) is 60.7 Å². The first-order valence-electron chi connectivity index (χ1n) is 10.7. The van der Waals surface area contributed by atoms with Gasteiger partial charge in [0, 0.05) is 11.8 Å². The lowest BCUT2D eigenvalue weighted by Gasteiger charge is -2.25. The highest BCUT2D eigenvalue weighted by Crippen LogP contribution is 2.43. The molecular formula is C26H24N2O6. The maximum Gasteiger partial charge on any atom is 0.301 e. The van der Waals surface area contributed by atoms with E-state index < -0.39 is 17.7 Å². The van der Waals surface area contributed by atoms with E-state index in [0.717, 1.165) is 0 Å². The first-order valence-corrected chi connectivity index (χ1v) is 10.7. The minimum atomic E-state index is -0.939. The highest BCUT2D eigenvalue weighted by molar-refractivity contribution is 6.51. The molecule has 1 amide bonds. The number of benzene rings is 2. The van der Waals surface area contributed by atoms with Gasteiger partial charge in [-0.05, 0) is 48.9 Å². The Bertz CT molecular complexity index is 1260. The van der Waals surface area contributed by atoms with Crippen molar-refractivity contribution in [2.24, 2.45) is 0 Å². The van der Waals surface area contributed by atoms with Crippen molar-refractivity contribution < 1.29 is 28.9 Å². The number of methoxy groups -OCH3 is 2. The molecule has 174 valence electrons. The second-order valence-electron chi connectivity index (χ2n) is 7.43. The maximum atomic E-state index is 13.2. The number of amides is 1. The van der Waals surface area contributed by atoms with Gasteiger partial charge in [0.2, 0.25) is 0 Å². The molecule has 2 aromatic carbocycles. The number of aliphatic hydroxyl groups is 1. The standard InChI is InChI=1S/C26H24N2O6/c1-4-34-19-12-11-16(15-20(19)33-3)23-22(24(29)17-8-7-9-18(14-17)32-2)25(30)26(31)28(23)21-10-5-6-13-27-21/h5-15,23,29H,4H2,1-3H3/b24-22+/t23-/m1/s1. The number of carbonyl (C=O) groups excluding carboxylic acids is 2. The van der Waals surface area contributed by atoms with Crippen molar-refractivity contribution in [1.82, 2.24) is 4.98 Å². The zero-order chi connectivity index (χ0) is 24.2. The van der Waals surface area contributed by atoms with Crippen molar-refractivity contribution in [3.63, 3.8) is 0 Å². The van der Waals surface area contributed by atoms with Gasteiger partial charge in [0.25, 0.3) is 5.78 Å². The van der Waals surface area contributed by atoms with Crippen molar-refractivity contribution in [3.8, 4) is 17.2 Å². The summed E-state index contributed by atoms with van der Waals surface area (Å²) in [5, 5.41) is 11.2. The van der Waals surface area contributed by atoms with Crippen LogP contribution in [0.5, 0.6) is 17.2 Å². The van der Waals surface area contributed by atoms with E-state index >= 15 is 0 Å². The molecule has 1 aromatic heterocycles. The number of aliphatic hydroxyl groups excluding tert-OH is 1. The number of rotatable bonds is 7. The second-order valence-corrected chi connectivity index (χ2v) is 7.43. The fourth-order valence-electron chi connectivity index (χ4n) is 3.94. The van der Waals surface area contributed by atoms with Crippen LogP contribution in [0.15, 0.2) is 72.4 Å². The normalized spacial score (nSPS) is 17.0. The average Bonchev–Trinajstić information content (AvgIpc) is 3.14. The van der Waals surface area contributed by atoms with Gasteiger partial charge in [0.05, 0.1) is 32.4 Å². The van der Waals surface area contributed by atoms with Crippen molar-refractivity contribution in [2.45, 2.75) is 13.0 Å². The Morgan fingerprint density at radius 2 is 1.82 bits per heavy atom. The Kier molecular flexibility index (Phi) is 6.49. The molecule has 1 fully saturated rings. The average molecular weight is 460 g/mol. The summed E-state index contributed by atoms with van der Waals surface area (Å²) in [5.41, 5.74) is 0.839. The van der Waals surface area contributed by atoms with Gasteiger partial charge >= 0.3 is 5.91 Å². The highest BCUT2D eigenvalue weighted by atomic mass is 16.5. The lowest BCUT2D eigenvalue weighted by atomic mass is 9.95. The molecule has 0 radical (unpaired) electrons. The summed E-state index contributed by atoms with van der Waals surface area (Å²) < 4.78 is 16.3. The number of hydrogen-bond acceptors (Lipinski definition) is 7. The van der Waals surface area contributed by atoms with Gasteiger partial charge in [-0.25, -0.2) is 4.98 Å². The molecule has 0 spiro atoms. The second kappa shape index (κ2) is 9.66. The van der Waals surface area contributed by atoms with Crippen LogP contribution in [-0.2, 0) is 9.59 Å². The molecule has 1 N–H and O–H groups in total. The number of aromatic nitrogens is 1. The van der Waals surface area contributed by atoms with Crippen LogP contribution >= 0.6 is 0 Å². The molecule has 8 nitrogen and oxygen atoms in total. The van der Waals surface area contributed by atoms with Gasteiger partial charge in [-0.15, -0.1) is 0 Å². The minimum Gasteiger partial charge on any atom is -0.507 e. The number of nitrogens with zero attached hydrogens (tertiary/aromatic N) is 2. The van der Waals surface area contributed by atoms with Crippen LogP contribution < -0.4 is 19.1 Å². The van der Waals surface area contributed by atoms with Gasteiger partial charge < -0.3 is 19.3 Å². The largest absolute Gasteiger partial charge is 0.507 e. The van der Waals surface area contributed by atoms with Crippen LogP contribution in [0.1, 0.15) is 24.1 Å². The molecule has 8 heteroatoms. The van der Waals surface area contributed by atoms with Gasteiger partial charge in [-0.1, -0.05) is 24.3 Å². The Labute approximate surface area is 197 Å². The Morgan fingerprint density at radius 1 is 1.00 bits per heavy atom. The third-order valence-corrected chi connectivity index (χ3v) is 5.49. The molecule has 1 aliphatic rings. The Hall–Kier alpha value is -4.33. The molecule has 2 heterocycles. The van der Waals surface area contributed by atoms with Gasteiger partial charge in [-0.3, -0.25) is 14.5 Å². The number of Topliss-reactive ketones (excluding diaryl/α,β-unsaturated/α-hetero) is 1. The summed E-state index contributed by atoms with van der Waals surface area (Å²) in [6.45, 7) is 2.30. The predicted molar refractivity (Wildman–Crippen MR) is 126 cm³/mol. The fraction of sp³-hybridized carbons (Fsp3) is 0.192. The molecule has 4 rings (SSSR count). The monoisotopic (exact) mass is 460 g/mol. The summed E-state index contributed by atoms with van der Waals surface area (Å²) >= 11 is 0. The van der Waals surface area contributed by atoms with Crippen molar-refractivity contribution in [2.75, 3.05) is 25.7 Å². The zero-order valence-corrected chi connectivity index (χ0v) is 19.0. The highest BCUT2D eigenvalue weighted by Gasteiger charge is 2.47. The first-order chi connectivity index (χ1) is 16.5. The van der Waals surface area contributed by atoms with Crippen LogP contribution in [0.25, 0.3) is 5.76 Å². The molecule has 34 heavy (non-hydrogen) atoms. The SMILES string of the molecule is CCOc1ccc([C@@H]2/C(=C(\O)c3cccc(OC)c3)C(=O)C(=O)N2c2ccccn2)cc1OC. The van der Waals surface area contributed by atoms with E-state index in [4.69, 9.17) is 14.2 Å². The van der Waals surface area contributed by atoms with E-state index in [9.17, 15) is 14.7 Å². The van der Waals surface area contributed by atoms with Gasteiger partial charge in [-0.2, -0.15) is 0 Å². The maximum absolute atomic E-state index is 13.2. The molecule has 3 aromatic rings. The van der Waals surface area contributed by atoms with Gasteiger partial charge in [0.1, 0.15) is 17.3 Å². The number of anilines is 1. The van der Waals surface area contributed by atoms with E-state index in [1.165, 1.54) is 25.3 Å². The first kappa shape index (κ1) is 22.8. The zero-order valence-electron chi connectivity index (χ0n) is 19.0. The smallest absolute Gasteiger partial charge is 0.301 e. The van der Waals surface area contributed by atoms with E-state index in [-0.39, 0.29) is 17.2 Å². The predicted octanol–water partition coefficient (Wildman–Crippen LogP) is 4.12. The molecule has 0 saturated carbocycles. The number of carbonyl (C=O) groups is 2. The molecule has 0 aliphatic carbocycles. The molecule has 1 atom stereocenters. The third-order valence-electron chi connectivity index (χ3n) is 5.49. The number of pyridine rings is 1. The quantitative estimate of drug-likeness (QED) is 0.322. The summed E-state index contributed by atoms with van der Waals surface area (Å²) in [6, 6.07) is 15.9. The van der Waals surface area contributed by atoms with Crippen LogP contribution in [0.2, 0.25) is 0 Å². The van der Waals surface area contributed by atoms with Crippen molar-refractivity contribution in [1.29, 1.82) is 0 Å². The number of ketones is 1. The summed E-state index contributed by atoms with van der Waals surface area (Å²) in [4.78, 5) is 32.0. The molecule has 0 bridgehead atoms. The summed E-state index contributed by atoms with van der Waals surface area (Å²) in [7, 11) is 3.01. The third kappa shape index (κ3) is 4.05. The number of hydrogen-bond donors (Lipinski definition) is 1. The fourth-order valence-corrected chi connectivity index (χ4v) is 3.94. The van der Waals surface area contributed by atoms with Crippen LogP contribution in [0.3, 0.4) is 0 Å².